The zero-order chi connectivity index (χ0) is 22.8. The lowest BCUT2D eigenvalue weighted by molar-refractivity contribution is 0.0632. The lowest BCUT2D eigenvalue weighted by Crippen LogP contribution is -2.42. The third kappa shape index (κ3) is 4.35. The number of aromatic nitrogens is 1. The molecule has 1 atom stereocenters. The highest BCUT2D eigenvalue weighted by atomic mass is 16.5. The molecule has 2 heterocycles. The van der Waals surface area contributed by atoms with Crippen LogP contribution in [0.3, 0.4) is 0 Å². The van der Waals surface area contributed by atoms with Crippen LogP contribution < -0.4 is 9.47 Å². The first-order valence-electron chi connectivity index (χ1n) is 11.1. The van der Waals surface area contributed by atoms with E-state index in [9.17, 15) is 9.59 Å². The fourth-order valence-corrected chi connectivity index (χ4v) is 4.41. The number of aryl methyl sites for hydroxylation is 1. The van der Waals surface area contributed by atoms with Crippen molar-refractivity contribution in [2.24, 2.45) is 5.92 Å². The van der Waals surface area contributed by atoms with Crippen LogP contribution in [0.2, 0.25) is 0 Å². The average Bonchev–Trinajstić information content (AvgIpc) is 3.13. The quantitative estimate of drug-likeness (QED) is 0.554. The van der Waals surface area contributed by atoms with Crippen LogP contribution in [0.4, 0.5) is 0 Å². The fourth-order valence-electron chi connectivity index (χ4n) is 4.41. The highest BCUT2D eigenvalue weighted by Crippen LogP contribution is 2.29. The number of amides is 1. The van der Waals surface area contributed by atoms with E-state index in [-0.39, 0.29) is 23.7 Å². The molecular formula is C26H30N2O4. The maximum atomic E-state index is 13.4. The van der Waals surface area contributed by atoms with Gasteiger partial charge in [-0.15, -0.1) is 0 Å². The average molecular weight is 435 g/mol. The van der Waals surface area contributed by atoms with Gasteiger partial charge in [0.15, 0.2) is 5.78 Å². The van der Waals surface area contributed by atoms with Gasteiger partial charge < -0.3 is 19.4 Å². The number of aromatic amines is 1. The predicted octanol–water partition coefficient (Wildman–Crippen LogP) is 5.01. The zero-order valence-corrected chi connectivity index (χ0v) is 19.1. The molecular weight excluding hydrogens is 404 g/mol. The number of fused-ring (bicyclic) bond motifs is 1. The Morgan fingerprint density at radius 3 is 2.69 bits per heavy atom. The second kappa shape index (κ2) is 9.07. The van der Waals surface area contributed by atoms with Crippen LogP contribution in [0, 0.1) is 12.8 Å². The van der Waals surface area contributed by atoms with Gasteiger partial charge in [0.1, 0.15) is 17.2 Å². The number of nitrogens with one attached hydrogen (secondary N) is 1. The summed E-state index contributed by atoms with van der Waals surface area (Å²) in [5.74, 6) is 1.23. The van der Waals surface area contributed by atoms with Crippen molar-refractivity contribution in [3.05, 3.63) is 59.3 Å². The molecule has 6 heteroatoms. The summed E-state index contributed by atoms with van der Waals surface area (Å²) in [7, 11) is 1.63. The van der Waals surface area contributed by atoms with E-state index in [2.05, 4.69) is 4.98 Å². The predicted molar refractivity (Wildman–Crippen MR) is 125 cm³/mol. The van der Waals surface area contributed by atoms with Gasteiger partial charge in [-0.05, 0) is 69.5 Å². The van der Waals surface area contributed by atoms with Gasteiger partial charge in [0, 0.05) is 35.5 Å². The van der Waals surface area contributed by atoms with Crippen LogP contribution >= 0.6 is 0 Å². The molecule has 1 fully saturated rings. The van der Waals surface area contributed by atoms with Crippen LogP contribution in [0.25, 0.3) is 10.9 Å². The summed E-state index contributed by atoms with van der Waals surface area (Å²) in [5.41, 5.74) is 3.01. The summed E-state index contributed by atoms with van der Waals surface area (Å²) in [4.78, 5) is 31.6. The number of ether oxygens (including phenoxy) is 2. The van der Waals surface area contributed by atoms with Gasteiger partial charge >= 0.3 is 0 Å². The largest absolute Gasteiger partial charge is 0.497 e. The van der Waals surface area contributed by atoms with Crippen molar-refractivity contribution in [1.29, 1.82) is 0 Å². The number of H-pyrrole nitrogens is 1. The molecule has 3 aromatic rings. The van der Waals surface area contributed by atoms with E-state index >= 15 is 0 Å². The van der Waals surface area contributed by atoms with Crippen LogP contribution in [0.5, 0.6) is 11.5 Å². The monoisotopic (exact) mass is 434 g/mol. The number of likely N-dealkylation sites (tertiary alicyclic amines) is 1. The number of Topliss-reactive ketones (excluding diaryl/α,β-unsaturated/α-hetero) is 1. The summed E-state index contributed by atoms with van der Waals surface area (Å²) in [6.07, 6.45) is 1.63. The Kier molecular flexibility index (Phi) is 6.21. The molecule has 1 amide bonds. The van der Waals surface area contributed by atoms with Crippen molar-refractivity contribution >= 4 is 22.6 Å². The number of hydrogen-bond acceptors (Lipinski definition) is 4. The Bertz CT molecular complexity index is 1150. The van der Waals surface area contributed by atoms with Crippen molar-refractivity contribution in [1.82, 2.24) is 9.88 Å². The molecule has 0 unspecified atom stereocenters. The fraction of sp³-hybridized carbons (Fsp3) is 0.385. The molecule has 0 spiro atoms. The summed E-state index contributed by atoms with van der Waals surface area (Å²) < 4.78 is 11.1. The first-order chi connectivity index (χ1) is 15.4. The van der Waals surface area contributed by atoms with E-state index in [0.29, 0.717) is 30.1 Å². The molecule has 1 aliphatic heterocycles. The molecule has 1 saturated heterocycles. The van der Waals surface area contributed by atoms with Crippen molar-refractivity contribution in [2.75, 3.05) is 20.2 Å². The Morgan fingerprint density at radius 2 is 1.94 bits per heavy atom. The summed E-state index contributed by atoms with van der Waals surface area (Å²) in [6.45, 7) is 6.93. The number of rotatable bonds is 6. The molecule has 0 radical (unpaired) electrons. The van der Waals surface area contributed by atoms with Gasteiger partial charge in [-0.3, -0.25) is 9.59 Å². The van der Waals surface area contributed by atoms with Crippen molar-refractivity contribution < 1.29 is 19.1 Å². The first kappa shape index (κ1) is 21.9. The van der Waals surface area contributed by atoms with Gasteiger partial charge in [0.2, 0.25) is 0 Å². The normalized spacial score (nSPS) is 16.4. The number of piperidine rings is 1. The minimum absolute atomic E-state index is 0.0441. The van der Waals surface area contributed by atoms with E-state index in [4.69, 9.17) is 9.47 Å². The molecule has 1 aromatic heterocycles. The molecule has 1 N–H and O–H groups in total. The summed E-state index contributed by atoms with van der Waals surface area (Å²) in [5, 5.41) is 0.972. The smallest absolute Gasteiger partial charge is 0.270 e. The highest BCUT2D eigenvalue weighted by molar-refractivity contribution is 6.02. The highest BCUT2D eigenvalue weighted by Gasteiger charge is 2.31. The second-order valence-corrected chi connectivity index (χ2v) is 8.69. The topological polar surface area (TPSA) is 71.6 Å². The number of carbonyl (C=O) groups is 2. The molecule has 32 heavy (non-hydrogen) atoms. The lowest BCUT2D eigenvalue weighted by atomic mass is 9.89. The van der Waals surface area contributed by atoms with E-state index in [1.807, 2.05) is 57.2 Å². The number of carbonyl (C=O) groups excluding carboxylic acids is 2. The first-order valence-corrected chi connectivity index (χ1v) is 11.1. The third-order valence-electron chi connectivity index (χ3n) is 6.05. The number of benzene rings is 2. The van der Waals surface area contributed by atoms with Crippen LogP contribution in [0.1, 0.15) is 53.1 Å². The van der Waals surface area contributed by atoms with E-state index in [0.717, 1.165) is 35.1 Å². The van der Waals surface area contributed by atoms with E-state index in [1.165, 1.54) is 0 Å². The molecule has 4 rings (SSSR count). The minimum Gasteiger partial charge on any atom is -0.497 e. The molecule has 1 aliphatic rings. The summed E-state index contributed by atoms with van der Waals surface area (Å²) in [6, 6.07) is 13.1. The van der Waals surface area contributed by atoms with Crippen LogP contribution in [-0.2, 0) is 0 Å². The van der Waals surface area contributed by atoms with Crippen molar-refractivity contribution in [3.63, 3.8) is 0 Å². The SMILES string of the molecule is COc1ccc2[nH]c(C(=O)N3CCC[C@H](C(=O)c4cccc(OC(C)C)c4)C3)c(C)c2c1. The molecule has 6 nitrogen and oxygen atoms in total. The van der Waals surface area contributed by atoms with Gasteiger partial charge in [0.25, 0.3) is 5.91 Å². The van der Waals surface area contributed by atoms with Gasteiger partial charge in [-0.2, -0.15) is 0 Å². The molecule has 168 valence electrons. The Hall–Kier alpha value is -3.28. The Morgan fingerprint density at radius 1 is 1.12 bits per heavy atom. The molecule has 0 aliphatic carbocycles. The number of nitrogens with zero attached hydrogens (tertiary/aromatic N) is 1. The molecule has 0 bridgehead atoms. The van der Waals surface area contributed by atoms with E-state index < -0.39 is 0 Å². The van der Waals surface area contributed by atoms with Crippen LogP contribution in [0.15, 0.2) is 42.5 Å². The number of methoxy groups -OCH3 is 1. The minimum atomic E-state index is -0.216. The lowest BCUT2D eigenvalue weighted by Gasteiger charge is -2.32. The van der Waals surface area contributed by atoms with E-state index in [1.54, 1.807) is 18.1 Å². The molecule has 2 aromatic carbocycles. The number of ketones is 1. The van der Waals surface area contributed by atoms with Crippen LogP contribution in [-0.4, -0.2) is 47.9 Å². The van der Waals surface area contributed by atoms with Crippen molar-refractivity contribution in [3.8, 4) is 11.5 Å². The standard InChI is InChI=1S/C26H30N2O4/c1-16(2)32-21-9-5-7-18(13-21)25(29)19-8-6-12-28(15-19)26(30)24-17(3)22-14-20(31-4)10-11-23(22)27-24/h5,7,9-11,13-14,16,19,27H,6,8,12,15H2,1-4H3/t19-/m0/s1. The Labute approximate surface area is 188 Å². The van der Waals surface area contributed by atoms with Crippen molar-refractivity contribution in [2.45, 2.75) is 39.7 Å². The maximum Gasteiger partial charge on any atom is 0.270 e. The number of hydrogen-bond donors (Lipinski definition) is 1. The second-order valence-electron chi connectivity index (χ2n) is 8.69. The molecule has 0 saturated carbocycles. The van der Waals surface area contributed by atoms with Gasteiger partial charge in [-0.1, -0.05) is 12.1 Å². The maximum absolute atomic E-state index is 13.4. The summed E-state index contributed by atoms with van der Waals surface area (Å²) >= 11 is 0. The third-order valence-corrected chi connectivity index (χ3v) is 6.05. The Balaban J connectivity index is 1.53. The van der Waals surface area contributed by atoms with Gasteiger partial charge in [0.05, 0.1) is 13.2 Å². The zero-order valence-electron chi connectivity index (χ0n) is 19.1. The van der Waals surface area contributed by atoms with Gasteiger partial charge in [-0.25, -0.2) is 0 Å².